The van der Waals surface area contributed by atoms with E-state index in [1.54, 1.807) is 0 Å². The minimum absolute atomic E-state index is 0.793. The van der Waals surface area contributed by atoms with Crippen LogP contribution >= 0.6 is 0 Å². The van der Waals surface area contributed by atoms with Crippen molar-refractivity contribution >= 4 is 0 Å². The fourth-order valence-corrected chi connectivity index (χ4v) is 2.18. The lowest BCUT2D eigenvalue weighted by atomic mass is 10.0. The summed E-state index contributed by atoms with van der Waals surface area (Å²) in [7, 11) is 0. The van der Waals surface area contributed by atoms with E-state index in [0.29, 0.717) is 0 Å². The van der Waals surface area contributed by atoms with Crippen LogP contribution in [0.25, 0.3) is 0 Å². The van der Waals surface area contributed by atoms with Crippen LogP contribution in [0.15, 0.2) is 0 Å². The van der Waals surface area contributed by atoms with E-state index in [-0.39, 0.29) is 0 Å². The number of nitrogens with two attached hydrogens (primary N) is 1. The predicted octanol–water partition coefficient (Wildman–Crippen LogP) is 1.50. The van der Waals surface area contributed by atoms with Crippen LogP contribution in [-0.2, 0) is 0 Å². The summed E-state index contributed by atoms with van der Waals surface area (Å²) in [6, 6.07) is 0.793. The summed E-state index contributed by atoms with van der Waals surface area (Å²) in [6.07, 6.45) is 6.67. The topological polar surface area (TPSA) is 38.0 Å². The normalized spacial score (nSPS) is 29.5. The monoisotopic (exact) mass is 170 g/mol. The van der Waals surface area contributed by atoms with E-state index in [4.69, 9.17) is 5.73 Å². The Balaban J connectivity index is 2.12. The summed E-state index contributed by atoms with van der Waals surface area (Å²) in [5, 5.41) is 3.60. The van der Waals surface area contributed by atoms with Gasteiger partial charge in [0.15, 0.2) is 0 Å². The summed E-state index contributed by atoms with van der Waals surface area (Å²) >= 11 is 0. The molecule has 2 heteroatoms. The predicted molar refractivity (Wildman–Crippen MR) is 53.1 cm³/mol. The van der Waals surface area contributed by atoms with Crippen molar-refractivity contribution in [2.24, 2.45) is 11.7 Å². The minimum atomic E-state index is 0.793. The molecule has 3 N–H and O–H groups in total. The van der Waals surface area contributed by atoms with Crippen molar-refractivity contribution in [1.29, 1.82) is 0 Å². The summed E-state index contributed by atoms with van der Waals surface area (Å²) in [4.78, 5) is 0. The van der Waals surface area contributed by atoms with Gasteiger partial charge < -0.3 is 11.1 Å². The molecule has 0 aromatic carbocycles. The summed E-state index contributed by atoms with van der Waals surface area (Å²) < 4.78 is 0. The molecule has 12 heavy (non-hydrogen) atoms. The van der Waals surface area contributed by atoms with Crippen LogP contribution < -0.4 is 11.1 Å². The first-order chi connectivity index (χ1) is 5.88. The fourth-order valence-electron chi connectivity index (χ4n) is 2.18. The van der Waals surface area contributed by atoms with Gasteiger partial charge in [0.1, 0.15) is 0 Å². The molecule has 0 heterocycles. The molecule has 1 rings (SSSR count). The molecule has 0 aromatic heterocycles. The van der Waals surface area contributed by atoms with Gasteiger partial charge in [-0.05, 0) is 38.3 Å². The smallest absolute Gasteiger partial charge is 0.00952 e. The third-order valence-corrected chi connectivity index (χ3v) is 2.97. The van der Waals surface area contributed by atoms with Gasteiger partial charge in [0.2, 0.25) is 0 Å². The first kappa shape index (κ1) is 10.0. The average molecular weight is 170 g/mol. The zero-order valence-electron chi connectivity index (χ0n) is 8.18. The van der Waals surface area contributed by atoms with E-state index in [0.717, 1.165) is 31.5 Å². The first-order valence-electron chi connectivity index (χ1n) is 5.32. The van der Waals surface area contributed by atoms with Crippen LogP contribution in [0.2, 0.25) is 0 Å². The Bertz CT molecular complexity index is 114. The van der Waals surface area contributed by atoms with E-state index in [9.17, 15) is 0 Å². The quantitative estimate of drug-likeness (QED) is 0.614. The Morgan fingerprint density at radius 2 is 2.25 bits per heavy atom. The van der Waals surface area contributed by atoms with Crippen molar-refractivity contribution < 1.29 is 0 Å². The number of hydrogen-bond donors (Lipinski definition) is 2. The standard InChI is InChI=1S/C10H22N2/c1-2-9-5-3-6-10(9)12-8-4-7-11/h9-10,12H,2-8,11H2,1H3. The highest BCUT2D eigenvalue weighted by atomic mass is 14.9. The lowest BCUT2D eigenvalue weighted by molar-refractivity contribution is 0.390. The van der Waals surface area contributed by atoms with Crippen molar-refractivity contribution in [2.75, 3.05) is 13.1 Å². The molecule has 2 unspecified atom stereocenters. The second-order valence-corrected chi connectivity index (χ2v) is 3.80. The lowest BCUT2D eigenvalue weighted by Crippen LogP contribution is -2.33. The molecule has 72 valence electrons. The van der Waals surface area contributed by atoms with Gasteiger partial charge in [0.25, 0.3) is 0 Å². The van der Waals surface area contributed by atoms with Crippen molar-refractivity contribution in [3.05, 3.63) is 0 Å². The van der Waals surface area contributed by atoms with Crippen LogP contribution in [0.3, 0.4) is 0 Å². The summed E-state index contributed by atoms with van der Waals surface area (Å²) in [5.74, 6) is 0.933. The van der Waals surface area contributed by atoms with Crippen LogP contribution in [0.1, 0.15) is 39.0 Å². The highest BCUT2D eigenvalue weighted by Gasteiger charge is 2.24. The van der Waals surface area contributed by atoms with Gasteiger partial charge in [-0.25, -0.2) is 0 Å². The molecule has 0 aromatic rings. The molecular weight excluding hydrogens is 148 g/mol. The van der Waals surface area contributed by atoms with Gasteiger partial charge in [-0.2, -0.15) is 0 Å². The third-order valence-electron chi connectivity index (χ3n) is 2.97. The molecule has 0 bridgehead atoms. The molecule has 0 radical (unpaired) electrons. The van der Waals surface area contributed by atoms with E-state index < -0.39 is 0 Å². The Morgan fingerprint density at radius 1 is 1.42 bits per heavy atom. The maximum Gasteiger partial charge on any atom is 0.00952 e. The van der Waals surface area contributed by atoms with Gasteiger partial charge in [0.05, 0.1) is 0 Å². The van der Waals surface area contributed by atoms with Crippen LogP contribution in [0.4, 0.5) is 0 Å². The molecule has 1 aliphatic carbocycles. The van der Waals surface area contributed by atoms with Gasteiger partial charge in [0, 0.05) is 6.04 Å². The van der Waals surface area contributed by atoms with Crippen molar-refractivity contribution in [2.45, 2.75) is 45.1 Å². The highest BCUT2D eigenvalue weighted by molar-refractivity contribution is 4.81. The Hall–Kier alpha value is -0.0800. The largest absolute Gasteiger partial charge is 0.330 e. The SMILES string of the molecule is CCC1CCCC1NCCCN. The second kappa shape index (κ2) is 5.55. The van der Waals surface area contributed by atoms with E-state index in [1.165, 1.54) is 25.7 Å². The average Bonchev–Trinajstić information content (AvgIpc) is 2.52. The van der Waals surface area contributed by atoms with Crippen molar-refractivity contribution in [1.82, 2.24) is 5.32 Å². The van der Waals surface area contributed by atoms with Crippen molar-refractivity contribution in [3.63, 3.8) is 0 Å². The molecule has 0 amide bonds. The summed E-state index contributed by atoms with van der Waals surface area (Å²) in [6.45, 7) is 4.22. The van der Waals surface area contributed by atoms with Crippen LogP contribution in [-0.4, -0.2) is 19.1 Å². The summed E-state index contributed by atoms with van der Waals surface area (Å²) in [5.41, 5.74) is 5.44. The zero-order chi connectivity index (χ0) is 8.81. The lowest BCUT2D eigenvalue weighted by Gasteiger charge is -2.19. The zero-order valence-corrected chi connectivity index (χ0v) is 8.18. The molecule has 1 aliphatic rings. The van der Waals surface area contributed by atoms with Gasteiger partial charge >= 0.3 is 0 Å². The van der Waals surface area contributed by atoms with Gasteiger partial charge in [-0.3, -0.25) is 0 Å². The van der Waals surface area contributed by atoms with E-state index >= 15 is 0 Å². The molecule has 0 saturated heterocycles. The first-order valence-corrected chi connectivity index (χ1v) is 5.32. The second-order valence-electron chi connectivity index (χ2n) is 3.80. The Morgan fingerprint density at radius 3 is 2.92 bits per heavy atom. The highest BCUT2D eigenvalue weighted by Crippen LogP contribution is 2.27. The number of hydrogen-bond acceptors (Lipinski definition) is 2. The fraction of sp³-hybridized carbons (Fsp3) is 1.00. The third kappa shape index (κ3) is 2.76. The molecule has 1 saturated carbocycles. The molecule has 2 nitrogen and oxygen atoms in total. The Kier molecular flexibility index (Phi) is 4.62. The van der Waals surface area contributed by atoms with Crippen LogP contribution in [0.5, 0.6) is 0 Å². The van der Waals surface area contributed by atoms with Crippen molar-refractivity contribution in [3.8, 4) is 0 Å². The molecule has 0 spiro atoms. The molecule has 0 aliphatic heterocycles. The Labute approximate surface area is 75.9 Å². The molecule has 2 atom stereocenters. The van der Waals surface area contributed by atoms with Gasteiger partial charge in [-0.1, -0.05) is 19.8 Å². The maximum atomic E-state index is 5.44. The van der Waals surface area contributed by atoms with Gasteiger partial charge in [-0.15, -0.1) is 0 Å². The number of nitrogens with one attached hydrogen (secondary N) is 1. The van der Waals surface area contributed by atoms with E-state index in [1.807, 2.05) is 0 Å². The minimum Gasteiger partial charge on any atom is -0.330 e. The maximum absolute atomic E-state index is 5.44. The molecule has 1 fully saturated rings. The van der Waals surface area contributed by atoms with E-state index in [2.05, 4.69) is 12.2 Å². The number of rotatable bonds is 5. The molecular formula is C10H22N2. The van der Waals surface area contributed by atoms with Crippen LogP contribution in [0, 0.1) is 5.92 Å².